The predicted octanol–water partition coefficient (Wildman–Crippen LogP) is 1.31. The van der Waals surface area contributed by atoms with E-state index < -0.39 is 5.97 Å². The first kappa shape index (κ1) is 13.5. The largest absolute Gasteiger partial charge is 0.481 e. The number of aliphatic carboxylic acids is 1. The van der Waals surface area contributed by atoms with E-state index in [1.165, 1.54) is 0 Å². The van der Waals surface area contributed by atoms with Crippen LogP contribution >= 0.6 is 0 Å². The Labute approximate surface area is 101 Å². The molecule has 2 amide bonds. The maximum Gasteiger partial charge on any atom is 0.317 e. The Morgan fingerprint density at radius 2 is 2.18 bits per heavy atom. The zero-order chi connectivity index (χ0) is 12.8. The summed E-state index contributed by atoms with van der Waals surface area (Å²) >= 11 is 0. The Bertz CT molecular complexity index is 309. The second-order valence-electron chi connectivity index (χ2n) is 4.38. The zero-order valence-electron chi connectivity index (χ0n) is 10.3. The summed E-state index contributed by atoms with van der Waals surface area (Å²) in [7, 11) is 0. The van der Waals surface area contributed by atoms with Crippen LogP contribution < -0.4 is 5.32 Å². The van der Waals surface area contributed by atoms with Crippen LogP contribution in [0.25, 0.3) is 0 Å². The summed E-state index contributed by atoms with van der Waals surface area (Å²) in [5, 5.41) is 11.6. The van der Waals surface area contributed by atoms with Gasteiger partial charge < -0.3 is 15.3 Å². The molecule has 0 bridgehead atoms. The molecule has 1 unspecified atom stereocenters. The number of hydrogen-bond donors (Lipinski definition) is 2. The van der Waals surface area contributed by atoms with Gasteiger partial charge in [-0.15, -0.1) is 0 Å². The topological polar surface area (TPSA) is 69.6 Å². The Morgan fingerprint density at radius 1 is 1.53 bits per heavy atom. The molecular weight excluding hydrogens is 220 g/mol. The van der Waals surface area contributed by atoms with Crippen molar-refractivity contribution in [2.45, 2.75) is 20.3 Å². The quantitative estimate of drug-likeness (QED) is 0.562. The molecule has 96 valence electrons. The molecule has 1 heterocycles. The van der Waals surface area contributed by atoms with E-state index in [2.05, 4.69) is 5.32 Å². The van der Waals surface area contributed by atoms with Gasteiger partial charge in [0, 0.05) is 25.6 Å². The van der Waals surface area contributed by atoms with Crippen molar-refractivity contribution in [3.63, 3.8) is 0 Å². The third-order valence-corrected chi connectivity index (χ3v) is 3.12. The molecule has 0 aliphatic carbocycles. The highest BCUT2D eigenvalue weighted by Gasteiger charge is 2.36. The summed E-state index contributed by atoms with van der Waals surface area (Å²) in [4.78, 5) is 23.9. The predicted molar refractivity (Wildman–Crippen MR) is 64.7 cm³/mol. The SMILES string of the molecule is C/C=C/CCNC(=O)N1CC(C(C)C(=O)O)C1. The molecule has 1 saturated heterocycles. The zero-order valence-corrected chi connectivity index (χ0v) is 10.3. The van der Waals surface area contributed by atoms with E-state index >= 15 is 0 Å². The minimum atomic E-state index is -0.789. The van der Waals surface area contributed by atoms with Crippen LogP contribution in [0.5, 0.6) is 0 Å². The lowest BCUT2D eigenvalue weighted by molar-refractivity contribution is -0.144. The molecule has 0 spiro atoms. The molecule has 1 rings (SSSR count). The number of likely N-dealkylation sites (tertiary alicyclic amines) is 1. The van der Waals surface area contributed by atoms with Crippen LogP contribution in [0.4, 0.5) is 4.79 Å². The molecule has 17 heavy (non-hydrogen) atoms. The molecule has 1 aliphatic rings. The molecule has 1 fully saturated rings. The van der Waals surface area contributed by atoms with Gasteiger partial charge in [0.15, 0.2) is 0 Å². The van der Waals surface area contributed by atoms with Crippen molar-refractivity contribution in [1.82, 2.24) is 10.2 Å². The molecule has 2 N–H and O–H groups in total. The molecule has 5 heteroatoms. The molecule has 0 aromatic carbocycles. The monoisotopic (exact) mass is 240 g/mol. The molecule has 0 radical (unpaired) electrons. The van der Waals surface area contributed by atoms with Gasteiger partial charge in [0.05, 0.1) is 5.92 Å². The summed E-state index contributed by atoms with van der Waals surface area (Å²) in [6.45, 7) is 5.34. The Hall–Kier alpha value is -1.52. The van der Waals surface area contributed by atoms with Gasteiger partial charge in [0.1, 0.15) is 0 Å². The van der Waals surface area contributed by atoms with Gasteiger partial charge in [-0.3, -0.25) is 4.79 Å². The second-order valence-corrected chi connectivity index (χ2v) is 4.38. The number of carboxylic acids is 1. The van der Waals surface area contributed by atoms with E-state index in [1.54, 1.807) is 11.8 Å². The average Bonchev–Trinajstić information content (AvgIpc) is 2.22. The van der Waals surface area contributed by atoms with Gasteiger partial charge in [0.25, 0.3) is 0 Å². The molecule has 0 saturated carbocycles. The maximum absolute atomic E-state index is 11.6. The van der Waals surface area contributed by atoms with Crippen LogP contribution in [0.15, 0.2) is 12.2 Å². The van der Waals surface area contributed by atoms with Gasteiger partial charge in [-0.1, -0.05) is 19.1 Å². The van der Waals surface area contributed by atoms with Gasteiger partial charge in [-0.05, 0) is 13.3 Å². The Balaban J connectivity index is 2.19. The molecule has 1 aliphatic heterocycles. The Morgan fingerprint density at radius 3 is 2.71 bits per heavy atom. The van der Waals surface area contributed by atoms with Crippen molar-refractivity contribution in [3.05, 3.63) is 12.2 Å². The number of amides is 2. The molecular formula is C12H20N2O3. The lowest BCUT2D eigenvalue weighted by Gasteiger charge is -2.41. The summed E-state index contributed by atoms with van der Waals surface area (Å²) in [6.07, 6.45) is 4.76. The van der Waals surface area contributed by atoms with Crippen LogP contribution in [0.1, 0.15) is 20.3 Å². The first-order chi connectivity index (χ1) is 8.06. The lowest BCUT2D eigenvalue weighted by Crippen LogP contribution is -2.56. The number of carboxylic acid groups (broad SMARTS) is 1. The summed E-state index contributed by atoms with van der Waals surface area (Å²) < 4.78 is 0. The number of carbonyl (C=O) groups excluding carboxylic acids is 1. The van der Waals surface area contributed by atoms with Crippen molar-refractivity contribution < 1.29 is 14.7 Å². The third-order valence-electron chi connectivity index (χ3n) is 3.12. The van der Waals surface area contributed by atoms with Crippen molar-refractivity contribution >= 4 is 12.0 Å². The van der Waals surface area contributed by atoms with Crippen LogP contribution in [0.2, 0.25) is 0 Å². The third kappa shape index (κ3) is 3.76. The first-order valence-electron chi connectivity index (χ1n) is 5.93. The van der Waals surface area contributed by atoms with E-state index in [4.69, 9.17) is 5.11 Å². The van der Waals surface area contributed by atoms with Crippen molar-refractivity contribution in [2.75, 3.05) is 19.6 Å². The number of nitrogens with one attached hydrogen (secondary N) is 1. The van der Waals surface area contributed by atoms with Crippen LogP contribution in [-0.2, 0) is 4.79 Å². The van der Waals surface area contributed by atoms with Gasteiger partial charge in [0.2, 0.25) is 0 Å². The van der Waals surface area contributed by atoms with E-state index in [9.17, 15) is 9.59 Å². The van der Waals surface area contributed by atoms with Gasteiger partial charge >= 0.3 is 12.0 Å². The van der Waals surface area contributed by atoms with E-state index in [1.807, 2.05) is 19.1 Å². The number of nitrogens with zero attached hydrogens (tertiary/aromatic N) is 1. The average molecular weight is 240 g/mol. The summed E-state index contributed by atoms with van der Waals surface area (Å²) in [5.74, 6) is -1.07. The molecule has 0 aromatic rings. The van der Waals surface area contributed by atoms with Crippen molar-refractivity contribution in [1.29, 1.82) is 0 Å². The fourth-order valence-electron chi connectivity index (χ4n) is 1.74. The van der Waals surface area contributed by atoms with E-state index in [0.717, 1.165) is 6.42 Å². The Kier molecular flexibility index (Phi) is 5.00. The number of hydrogen-bond acceptors (Lipinski definition) is 2. The highest BCUT2D eigenvalue weighted by Crippen LogP contribution is 2.23. The highest BCUT2D eigenvalue weighted by atomic mass is 16.4. The minimum Gasteiger partial charge on any atom is -0.481 e. The summed E-state index contributed by atoms with van der Waals surface area (Å²) in [5.41, 5.74) is 0. The van der Waals surface area contributed by atoms with Gasteiger partial charge in [-0.25, -0.2) is 4.79 Å². The number of carbonyl (C=O) groups is 2. The summed E-state index contributed by atoms with van der Waals surface area (Å²) in [6, 6.07) is -0.0941. The fourth-order valence-corrected chi connectivity index (χ4v) is 1.74. The molecule has 5 nitrogen and oxygen atoms in total. The normalized spacial score (nSPS) is 17.9. The fraction of sp³-hybridized carbons (Fsp3) is 0.667. The van der Waals surface area contributed by atoms with Crippen LogP contribution in [0.3, 0.4) is 0 Å². The minimum absolute atomic E-state index is 0.0915. The van der Waals surface area contributed by atoms with Crippen LogP contribution in [-0.4, -0.2) is 41.6 Å². The number of urea groups is 1. The highest BCUT2D eigenvalue weighted by molar-refractivity contribution is 5.76. The maximum atomic E-state index is 11.6. The smallest absolute Gasteiger partial charge is 0.317 e. The second kappa shape index (κ2) is 6.27. The van der Waals surface area contributed by atoms with Crippen LogP contribution in [0, 0.1) is 11.8 Å². The molecule has 0 aromatic heterocycles. The van der Waals surface area contributed by atoms with Gasteiger partial charge in [-0.2, -0.15) is 0 Å². The first-order valence-corrected chi connectivity index (χ1v) is 5.93. The van der Waals surface area contributed by atoms with E-state index in [-0.39, 0.29) is 17.9 Å². The number of rotatable bonds is 5. The number of allylic oxidation sites excluding steroid dienone is 1. The van der Waals surface area contributed by atoms with Crippen molar-refractivity contribution in [2.24, 2.45) is 11.8 Å². The van der Waals surface area contributed by atoms with Crippen molar-refractivity contribution in [3.8, 4) is 0 Å². The standard InChI is InChI=1S/C12H20N2O3/c1-3-4-5-6-13-12(17)14-7-10(8-14)9(2)11(15)16/h3-4,9-10H,5-8H2,1-2H3,(H,13,17)(H,15,16)/b4-3+. The molecule has 1 atom stereocenters. The van der Waals surface area contributed by atoms with E-state index in [0.29, 0.717) is 19.6 Å². The lowest BCUT2D eigenvalue weighted by atomic mass is 9.87.